The molecule has 0 aliphatic carbocycles. The molecule has 3 rings (SSSR count). The third kappa shape index (κ3) is 4.90. The predicted octanol–water partition coefficient (Wildman–Crippen LogP) is 3.07. The third-order valence-corrected chi connectivity index (χ3v) is 3.87. The molecule has 4 heteroatoms. The SMILES string of the molecule is CC.COC.Cc1ccc(CN2CC3CC2CO3)cc1C=O. The summed E-state index contributed by atoms with van der Waals surface area (Å²) in [6.07, 6.45) is 2.56. The molecule has 2 aliphatic rings. The van der Waals surface area contributed by atoms with E-state index in [0.717, 1.165) is 37.1 Å². The highest BCUT2D eigenvalue weighted by atomic mass is 16.5. The van der Waals surface area contributed by atoms with Gasteiger partial charge in [-0.3, -0.25) is 9.69 Å². The maximum Gasteiger partial charge on any atom is 0.150 e. The molecule has 2 aliphatic heterocycles. The number of ether oxygens (including phenoxy) is 2. The van der Waals surface area contributed by atoms with Gasteiger partial charge in [0.05, 0.1) is 12.7 Å². The molecule has 1 aromatic rings. The first-order valence-corrected chi connectivity index (χ1v) is 7.98. The number of benzene rings is 1. The Hall–Kier alpha value is -1.23. The van der Waals surface area contributed by atoms with E-state index in [1.54, 1.807) is 14.2 Å². The highest BCUT2D eigenvalue weighted by molar-refractivity contribution is 5.77. The molecule has 2 unspecified atom stereocenters. The molecule has 2 heterocycles. The number of morpholine rings is 1. The van der Waals surface area contributed by atoms with Crippen LogP contribution in [0, 0.1) is 6.92 Å². The molecular weight excluding hydrogens is 278 g/mol. The number of methoxy groups -OCH3 is 1. The summed E-state index contributed by atoms with van der Waals surface area (Å²) in [5.74, 6) is 0. The summed E-state index contributed by atoms with van der Waals surface area (Å²) in [7, 11) is 3.25. The van der Waals surface area contributed by atoms with Crippen molar-refractivity contribution in [2.75, 3.05) is 27.4 Å². The van der Waals surface area contributed by atoms with Crippen LogP contribution >= 0.6 is 0 Å². The van der Waals surface area contributed by atoms with E-state index in [4.69, 9.17) is 4.74 Å². The minimum absolute atomic E-state index is 0.441. The van der Waals surface area contributed by atoms with E-state index in [1.165, 1.54) is 12.0 Å². The van der Waals surface area contributed by atoms with Crippen LogP contribution < -0.4 is 0 Å². The van der Waals surface area contributed by atoms with Gasteiger partial charge in [-0.15, -0.1) is 0 Å². The van der Waals surface area contributed by atoms with Gasteiger partial charge >= 0.3 is 0 Å². The van der Waals surface area contributed by atoms with Gasteiger partial charge in [0, 0.05) is 38.9 Å². The van der Waals surface area contributed by atoms with E-state index in [-0.39, 0.29) is 0 Å². The molecule has 0 amide bonds. The van der Waals surface area contributed by atoms with Crippen molar-refractivity contribution in [3.8, 4) is 0 Å². The number of carbonyl (C=O) groups is 1. The van der Waals surface area contributed by atoms with Crippen LogP contribution in [-0.2, 0) is 16.0 Å². The number of hydrogen-bond donors (Lipinski definition) is 0. The Kier molecular flexibility index (Phi) is 8.31. The van der Waals surface area contributed by atoms with Crippen LogP contribution in [0.1, 0.15) is 41.8 Å². The van der Waals surface area contributed by atoms with E-state index in [1.807, 2.05) is 32.9 Å². The number of rotatable bonds is 3. The Labute approximate surface area is 134 Å². The minimum Gasteiger partial charge on any atom is -0.388 e. The maximum atomic E-state index is 10.9. The highest BCUT2D eigenvalue weighted by Gasteiger charge is 2.38. The molecule has 1 aromatic carbocycles. The molecule has 0 radical (unpaired) electrons. The largest absolute Gasteiger partial charge is 0.388 e. The number of aldehydes is 1. The van der Waals surface area contributed by atoms with E-state index >= 15 is 0 Å². The molecule has 2 fully saturated rings. The Balaban J connectivity index is 0.000000435. The quantitative estimate of drug-likeness (QED) is 0.805. The Morgan fingerprint density at radius 3 is 2.55 bits per heavy atom. The zero-order chi connectivity index (χ0) is 16.5. The zero-order valence-corrected chi connectivity index (χ0v) is 14.5. The minimum atomic E-state index is 0.441. The highest BCUT2D eigenvalue weighted by Crippen LogP contribution is 2.29. The predicted molar refractivity (Wildman–Crippen MR) is 89.4 cm³/mol. The number of hydrogen-bond acceptors (Lipinski definition) is 4. The molecule has 22 heavy (non-hydrogen) atoms. The van der Waals surface area contributed by atoms with Gasteiger partial charge in [-0.05, 0) is 30.5 Å². The number of nitrogens with zero attached hydrogens (tertiary/aromatic N) is 1. The molecule has 0 saturated carbocycles. The second-order valence-corrected chi connectivity index (χ2v) is 5.49. The third-order valence-electron chi connectivity index (χ3n) is 3.87. The summed E-state index contributed by atoms with van der Waals surface area (Å²) in [4.78, 5) is 13.4. The first-order chi connectivity index (χ1) is 10.7. The van der Waals surface area contributed by atoms with Gasteiger partial charge in [0.2, 0.25) is 0 Å². The van der Waals surface area contributed by atoms with Crippen molar-refractivity contribution >= 4 is 6.29 Å². The van der Waals surface area contributed by atoms with E-state index in [0.29, 0.717) is 12.1 Å². The average molecular weight is 307 g/mol. The smallest absolute Gasteiger partial charge is 0.150 e. The molecule has 0 N–H and O–H groups in total. The van der Waals surface area contributed by atoms with Crippen LogP contribution in [0.4, 0.5) is 0 Å². The van der Waals surface area contributed by atoms with Gasteiger partial charge in [-0.25, -0.2) is 0 Å². The van der Waals surface area contributed by atoms with Crippen molar-refractivity contribution < 1.29 is 14.3 Å². The molecule has 4 nitrogen and oxygen atoms in total. The molecule has 124 valence electrons. The molecule has 0 spiro atoms. The lowest BCUT2D eigenvalue weighted by Crippen LogP contribution is -2.36. The fraction of sp³-hybridized carbons (Fsp3) is 0.611. The van der Waals surface area contributed by atoms with Crippen LogP contribution in [0.25, 0.3) is 0 Å². The molecular formula is C18H29NO3. The van der Waals surface area contributed by atoms with Gasteiger partial charge in [0.25, 0.3) is 0 Å². The number of aryl methyl sites for hydroxylation is 1. The summed E-state index contributed by atoms with van der Waals surface area (Å²) >= 11 is 0. The van der Waals surface area contributed by atoms with Crippen LogP contribution in [-0.4, -0.2) is 50.7 Å². The van der Waals surface area contributed by atoms with Crippen molar-refractivity contribution in [3.63, 3.8) is 0 Å². The zero-order valence-electron chi connectivity index (χ0n) is 14.5. The van der Waals surface area contributed by atoms with Crippen LogP contribution in [0.5, 0.6) is 0 Å². The molecule has 0 aromatic heterocycles. The Morgan fingerprint density at radius 2 is 2.05 bits per heavy atom. The van der Waals surface area contributed by atoms with Gasteiger partial charge in [0.1, 0.15) is 6.29 Å². The van der Waals surface area contributed by atoms with Crippen molar-refractivity contribution in [2.24, 2.45) is 0 Å². The fourth-order valence-corrected chi connectivity index (χ4v) is 2.82. The normalized spacial score (nSPS) is 22.4. The maximum absolute atomic E-state index is 10.9. The Bertz CT molecular complexity index is 462. The summed E-state index contributed by atoms with van der Waals surface area (Å²) < 4.78 is 9.84. The monoisotopic (exact) mass is 307 g/mol. The lowest BCUT2D eigenvalue weighted by Gasteiger charge is -2.26. The molecule has 2 atom stereocenters. The van der Waals surface area contributed by atoms with Gasteiger partial charge in [-0.1, -0.05) is 26.0 Å². The van der Waals surface area contributed by atoms with Gasteiger partial charge < -0.3 is 9.47 Å². The number of fused-ring (bicyclic) bond motifs is 2. The second kappa shape index (κ2) is 9.72. The van der Waals surface area contributed by atoms with Crippen LogP contribution in [0.2, 0.25) is 0 Å². The lowest BCUT2D eigenvalue weighted by molar-refractivity contribution is 0.0273. The summed E-state index contributed by atoms with van der Waals surface area (Å²) in [6, 6.07) is 6.75. The average Bonchev–Trinajstić information content (AvgIpc) is 3.15. The summed E-state index contributed by atoms with van der Waals surface area (Å²) in [6.45, 7) is 8.82. The number of carbonyl (C=O) groups excluding carboxylic acids is 1. The number of likely N-dealkylation sites (tertiary alicyclic amines) is 1. The van der Waals surface area contributed by atoms with Crippen molar-refractivity contribution in [1.82, 2.24) is 4.90 Å². The lowest BCUT2D eigenvalue weighted by atomic mass is 10.1. The summed E-state index contributed by atoms with van der Waals surface area (Å²) in [5, 5.41) is 0. The van der Waals surface area contributed by atoms with Gasteiger partial charge in [0.15, 0.2) is 0 Å². The van der Waals surface area contributed by atoms with Gasteiger partial charge in [-0.2, -0.15) is 0 Å². The molecule has 2 saturated heterocycles. The first kappa shape index (κ1) is 18.8. The van der Waals surface area contributed by atoms with Crippen molar-refractivity contribution in [3.05, 3.63) is 34.9 Å². The van der Waals surface area contributed by atoms with Crippen molar-refractivity contribution in [2.45, 2.75) is 45.9 Å². The van der Waals surface area contributed by atoms with Crippen molar-refractivity contribution in [1.29, 1.82) is 0 Å². The molecule has 2 bridgehead atoms. The summed E-state index contributed by atoms with van der Waals surface area (Å²) in [5.41, 5.74) is 3.09. The fourth-order valence-electron chi connectivity index (χ4n) is 2.82. The van der Waals surface area contributed by atoms with Crippen LogP contribution in [0.15, 0.2) is 18.2 Å². The standard InChI is InChI=1S/C14H17NO2.C2H6O.C2H6/c1-10-2-3-11(4-12(10)8-16)6-15-7-14-5-13(15)9-17-14;1-3-2;1-2/h2-4,8,13-14H,5-7,9H2,1H3;1-2H3;1-2H3. The topological polar surface area (TPSA) is 38.8 Å². The first-order valence-electron chi connectivity index (χ1n) is 7.98. The van der Waals surface area contributed by atoms with E-state index in [9.17, 15) is 4.79 Å². The van der Waals surface area contributed by atoms with Crippen LogP contribution in [0.3, 0.4) is 0 Å². The second-order valence-electron chi connectivity index (χ2n) is 5.49. The Morgan fingerprint density at radius 1 is 1.36 bits per heavy atom. The van der Waals surface area contributed by atoms with E-state index < -0.39 is 0 Å². The van der Waals surface area contributed by atoms with E-state index in [2.05, 4.69) is 15.7 Å².